The molecule has 1 fully saturated rings. The van der Waals surface area contributed by atoms with Crippen LogP contribution in [0.5, 0.6) is 0 Å². The van der Waals surface area contributed by atoms with Crippen LogP contribution in [0, 0.1) is 0 Å². The van der Waals surface area contributed by atoms with E-state index in [2.05, 4.69) is 4.89 Å². The van der Waals surface area contributed by atoms with Gasteiger partial charge in [0.1, 0.15) is 7.85 Å². The molecule has 1 heterocycles. The van der Waals surface area contributed by atoms with Crippen LogP contribution in [0.4, 0.5) is 0 Å². The molecule has 0 amide bonds. The summed E-state index contributed by atoms with van der Waals surface area (Å²) in [6.07, 6.45) is 1.67. The molecule has 3 atom stereocenters. The molecular weight excluding hydrogens is 206 g/mol. The highest BCUT2D eigenvalue weighted by Gasteiger charge is 2.26. The third-order valence-electron chi connectivity index (χ3n) is 1.92. The van der Waals surface area contributed by atoms with Gasteiger partial charge in [-0.3, -0.25) is 5.26 Å². The standard InChI is InChI=1S/C7H12BO5P/c8-7-4-6(13-9)3-5(12-7)1-2-14(10)11/h1-2,5-7,9-11H,3-4H2/b2-1+. The Hall–Kier alpha value is 0.0349. The van der Waals surface area contributed by atoms with Crippen molar-refractivity contribution in [3.63, 3.8) is 0 Å². The van der Waals surface area contributed by atoms with E-state index in [1.807, 2.05) is 0 Å². The van der Waals surface area contributed by atoms with Gasteiger partial charge in [0.05, 0.1) is 12.2 Å². The highest BCUT2D eigenvalue weighted by Crippen LogP contribution is 2.27. The third-order valence-corrected chi connectivity index (χ3v) is 2.36. The molecule has 5 nitrogen and oxygen atoms in total. The molecular formula is C7H12BO5P. The van der Waals surface area contributed by atoms with E-state index >= 15 is 0 Å². The predicted octanol–water partition coefficient (Wildman–Crippen LogP) is 0.328. The van der Waals surface area contributed by atoms with E-state index in [1.165, 1.54) is 11.9 Å². The summed E-state index contributed by atoms with van der Waals surface area (Å²) >= 11 is 0. The van der Waals surface area contributed by atoms with Gasteiger partial charge < -0.3 is 14.5 Å². The van der Waals surface area contributed by atoms with Crippen LogP contribution < -0.4 is 0 Å². The minimum atomic E-state index is -2.06. The number of rotatable bonds is 3. The molecule has 2 radical (unpaired) electrons. The van der Waals surface area contributed by atoms with Gasteiger partial charge in [0.15, 0.2) is 8.38 Å². The summed E-state index contributed by atoms with van der Waals surface area (Å²) < 4.78 is 5.26. The summed E-state index contributed by atoms with van der Waals surface area (Å²) in [5, 5.41) is 8.47. The lowest BCUT2D eigenvalue weighted by Gasteiger charge is -2.30. The normalized spacial score (nSPS) is 34.1. The van der Waals surface area contributed by atoms with Crippen molar-refractivity contribution < 1.29 is 24.7 Å². The summed E-state index contributed by atoms with van der Waals surface area (Å²) in [5.41, 5.74) is 0. The zero-order chi connectivity index (χ0) is 10.6. The second kappa shape index (κ2) is 5.80. The third kappa shape index (κ3) is 4.04. The molecule has 0 aliphatic carbocycles. The lowest BCUT2D eigenvalue weighted by atomic mass is 9.89. The van der Waals surface area contributed by atoms with Crippen LogP contribution >= 0.6 is 8.38 Å². The van der Waals surface area contributed by atoms with Crippen LogP contribution in [-0.2, 0) is 9.62 Å². The van der Waals surface area contributed by atoms with Crippen molar-refractivity contribution in [3.05, 3.63) is 11.9 Å². The zero-order valence-corrected chi connectivity index (χ0v) is 8.38. The molecule has 0 bridgehead atoms. The Balaban J connectivity index is 2.45. The van der Waals surface area contributed by atoms with Crippen molar-refractivity contribution in [2.24, 2.45) is 0 Å². The van der Waals surface area contributed by atoms with Crippen LogP contribution in [0.1, 0.15) is 12.8 Å². The van der Waals surface area contributed by atoms with Gasteiger partial charge in [-0.25, -0.2) is 4.89 Å². The minimum absolute atomic E-state index is 0.347. The van der Waals surface area contributed by atoms with Crippen LogP contribution in [-0.4, -0.2) is 41.1 Å². The molecule has 0 aromatic rings. The van der Waals surface area contributed by atoms with E-state index in [-0.39, 0.29) is 12.2 Å². The summed E-state index contributed by atoms with van der Waals surface area (Å²) in [6.45, 7) is 0. The average Bonchev–Trinajstić information content (AvgIpc) is 2.14. The Morgan fingerprint density at radius 1 is 1.43 bits per heavy atom. The first-order valence-electron chi connectivity index (χ1n) is 4.18. The highest BCUT2D eigenvalue weighted by molar-refractivity contribution is 7.48. The van der Waals surface area contributed by atoms with Crippen LogP contribution in [0.15, 0.2) is 11.9 Å². The van der Waals surface area contributed by atoms with Crippen LogP contribution in [0.25, 0.3) is 0 Å². The van der Waals surface area contributed by atoms with Crippen molar-refractivity contribution in [3.8, 4) is 0 Å². The van der Waals surface area contributed by atoms with Crippen molar-refractivity contribution in [1.82, 2.24) is 0 Å². The van der Waals surface area contributed by atoms with Gasteiger partial charge in [0, 0.05) is 12.4 Å². The zero-order valence-electron chi connectivity index (χ0n) is 7.48. The molecule has 0 saturated carbocycles. The second-order valence-corrected chi connectivity index (χ2v) is 4.01. The van der Waals surface area contributed by atoms with Gasteiger partial charge in [0.2, 0.25) is 0 Å². The number of ether oxygens (including phenoxy) is 1. The fraction of sp³-hybridized carbons (Fsp3) is 0.714. The molecule has 1 aliphatic heterocycles. The van der Waals surface area contributed by atoms with Gasteiger partial charge >= 0.3 is 0 Å². The SMILES string of the molecule is [B]C1CC(OO)CC(/C=C/P(O)O)O1. The summed E-state index contributed by atoms with van der Waals surface area (Å²) in [6, 6.07) is -0.501. The topological polar surface area (TPSA) is 79.2 Å². The van der Waals surface area contributed by atoms with E-state index in [4.69, 9.17) is 27.6 Å². The Labute approximate surface area is 84.6 Å². The molecule has 3 N–H and O–H groups in total. The summed E-state index contributed by atoms with van der Waals surface area (Å²) in [4.78, 5) is 21.5. The minimum Gasteiger partial charge on any atom is -0.380 e. The van der Waals surface area contributed by atoms with Crippen molar-refractivity contribution in [2.75, 3.05) is 0 Å². The largest absolute Gasteiger partial charge is 0.380 e. The van der Waals surface area contributed by atoms with E-state index < -0.39 is 14.4 Å². The Morgan fingerprint density at radius 3 is 2.71 bits per heavy atom. The maximum atomic E-state index is 8.64. The quantitative estimate of drug-likeness (QED) is 0.275. The van der Waals surface area contributed by atoms with E-state index in [0.717, 1.165) is 0 Å². The van der Waals surface area contributed by atoms with Gasteiger partial charge in [-0.05, 0) is 12.2 Å². The number of hydrogen-bond acceptors (Lipinski definition) is 5. The smallest absolute Gasteiger partial charge is 0.191 e. The Morgan fingerprint density at radius 2 is 2.14 bits per heavy atom. The number of hydrogen-bond donors (Lipinski definition) is 3. The van der Waals surface area contributed by atoms with Gasteiger partial charge in [-0.2, -0.15) is 0 Å². The molecule has 1 aliphatic rings. The van der Waals surface area contributed by atoms with Gasteiger partial charge in [-0.15, -0.1) is 0 Å². The first kappa shape index (κ1) is 12.1. The molecule has 3 unspecified atom stereocenters. The maximum Gasteiger partial charge on any atom is 0.191 e. The predicted molar refractivity (Wildman–Crippen MR) is 51.6 cm³/mol. The lowest BCUT2D eigenvalue weighted by Crippen LogP contribution is -2.35. The Bertz CT molecular complexity index is 201. The molecule has 14 heavy (non-hydrogen) atoms. The Kier molecular flexibility index (Phi) is 5.02. The molecule has 0 aromatic heterocycles. The van der Waals surface area contributed by atoms with Gasteiger partial charge in [0.25, 0.3) is 0 Å². The van der Waals surface area contributed by atoms with Crippen molar-refractivity contribution >= 4 is 16.2 Å². The van der Waals surface area contributed by atoms with E-state index in [1.54, 1.807) is 0 Å². The van der Waals surface area contributed by atoms with E-state index in [9.17, 15) is 0 Å². The van der Waals surface area contributed by atoms with Crippen molar-refractivity contribution in [2.45, 2.75) is 31.1 Å². The van der Waals surface area contributed by atoms with E-state index in [0.29, 0.717) is 12.8 Å². The first-order valence-corrected chi connectivity index (χ1v) is 5.50. The molecule has 0 aromatic carbocycles. The molecule has 0 spiro atoms. The summed E-state index contributed by atoms with van der Waals surface area (Å²) in [5.74, 6) is 1.24. The fourth-order valence-corrected chi connectivity index (χ4v) is 1.68. The van der Waals surface area contributed by atoms with Crippen LogP contribution in [0.3, 0.4) is 0 Å². The monoisotopic (exact) mass is 218 g/mol. The molecule has 1 rings (SSSR count). The second-order valence-electron chi connectivity index (χ2n) is 3.07. The lowest BCUT2D eigenvalue weighted by molar-refractivity contribution is -0.295. The fourth-order valence-electron chi connectivity index (χ4n) is 1.33. The van der Waals surface area contributed by atoms with Crippen molar-refractivity contribution in [1.29, 1.82) is 0 Å². The molecule has 78 valence electrons. The molecule has 7 heteroatoms. The highest BCUT2D eigenvalue weighted by atomic mass is 31.2. The first-order chi connectivity index (χ1) is 6.61. The summed E-state index contributed by atoms with van der Waals surface area (Å²) in [7, 11) is 3.47. The maximum absolute atomic E-state index is 8.64. The molecule has 1 saturated heterocycles. The van der Waals surface area contributed by atoms with Gasteiger partial charge in [-0.1, -0.05) is 6.08 Å². The van der Waals surface area contributed by atoms with Crippen LogP contribution in [0.2, 0.25) is 0 Å². The average molecular weight is 218 g/mol.